The van der Waals surface area contributed by atoms with Gasteiger partial charge in [0.25, 0.3) is 5.69 Å². The summed E-state index contributed by atoms with van der Waals surface area (Å²) in [7, 11) is 1.37. The van der Waals surface area contributed by atoms with E-state index in [-0.39, 0.29) is 28.5 Å². The van der Waals surface area contributed by atoms with E-state index in [1.165, 1.54) is 13.2 Å². The van der Waals surface area contributed by atoms with Crippen molar-refractivity contribution in [3.63, 3.8) is 0 Å². The molecule has 1 aromatic carbocycles. The second-order valence-electron chi connectivity index (χ2n) is 2.78. The normalized spacial score (nSPS) is 9.67. The molecule has 0 bridgehead atoms. The van der Waals surface area contributed by atoms with Crippen molar-refractivity contribution < 1.29 is 9.66 Å². The summed E-state index contributed by atoms with van der Waals surface area (Å²) in [5.41, 5.74) is 10.5. The van der Waals surface area contributed by atoms with E-state index in [1.54, 1.807) is 0 Å². The maximum atomic E-state index is 10.6. The topological polar surface area (TPSA) is 128 Å². The van der Waals surface area contributed by atoms with Gasteiger partial charge in [-0.3, -0.25) is 15.5 Å². The predicted octanol–water partition coefficient (Wildman–Crippen LogP) is 0.470. The molecule has 15 heavy (non-hydrogen) atoms. The lowest BCUT2D eigenvalue weighted by Crippen LogP contribution is -2.13. The van der Waals surface area contributed by atoms with Crippen LogP contribution < -0.4 is 16.2 Å². The Kier molecular flexibility index (Phi) is 2.75. The minimum atomic E-state index is -0.638. The van der Waals surface area contributed by atoms with E-state index in [0.29, 0.717) is 0 Å². The molecular formula is C8H10N4O3. The van der Waals surface area contributed by atoms with Gasteiger partial charge in [-0.25, -0.2) is 0 Å². The van der Waals surface area contributed by atoms with Crippen molar-refractivity contribution in [1.29, 1.82) is 5.41 Å². The Balaban J connectivity index is 3.43. The quantitative estimate of drug-likeness (QED) is 0.219. The van der Waals surface area contributed by atoms with Crippen LogP contribution in [0, 0.1) is 15.5 Å². The first kappa shape index (κ1) is 10.8. The van der Waals surface area contributed by atoms with Gasteiger partial charge in [0.05, 0.1) is 17.6 Å². The molecule has 1 aromatic rings. The Morgan fingerprint density at radius 2 is 2.20 bits per heavy atom. The lowest BCUT2D eigenvalue weighted by molar-refractivity contribution is -0.383. The molecule has 0 atom stereocenters. The van der Waals surface area contributed by atoms with Crippen LogP contribution >= 0.6 is 0 Å². The van der Waals surface area contributed by atoms with E-state index < -0.39 is 4.92 Å². The third kappa shape index (κ3) is 1.96. The number of nitro groups is 1. The summed E-state index contributed by atoms with van der Waals surface area (Å²) in [6, 6.07) is 2.39. The molecule has 0 fully saturated rings. The van der Waals surface area contributed by atoms with Crippen LogP contribution in [-0.2, 0) is 0 Å². The van der Waals surface area contributed by atoms with Crippen LogP contribution in [0.4, 0.5) is 11.4 Å². The highest BCUT2D eigenvalue weighted by atomic mass is 16.6. The Labute approximate surface area is 85.3 Å². The number of methoxy groups -OCH3 is 1. The molecule has 5 N–H and O–H groups in total. The van der Waals surface area contributed by atoms with Gasteiger partial charge in [0.1, 0.15) is 17.3 Å². The molecule has 7 nitrogen and oxygen atoms in total. The SMILES string of the molecule is COc1cc(N)c([N+](=O)[O-])cc1C(=N)N. The maximum absolute atomic E-state index is 10.6. The molecule has 0 amide bonds. The average Bonchev–Trinajstić information content (AvgIpc) is 2.16. The van der Waals surface area contributed by atoms with Gasteiger partial charge in [-0.1, -0.05) is 0 Å². The summed E-state index contributed by atoms with van der Waals surface area (Å²) in [6.07, 6.45) is 0. The van der Waals surface area contributed by atoms with Gasteiger partial charge in [0.2, 0.25) is 0 Å². The molecule has 0 radical (unpaired) electrons. The fraction of sp³-hybridized carbons (Fsp3) is 0.125. The molecule has 0 aliphatic rings. The van der Waals surface area contributed by atoms with Crippen LogP contribution in [0.2, 0.25) is 0 Å². The molecule has 80 valence electrons. The molecule has 0 heterocycles. The van der Waals surface area contributed by atoms with E-state index >= 15 is 0 Å². The zero-order valence-corrected chi connectivity index (χ0v) is 7.98. The van der Waals surface area contributed by atoms with Gasteiger partial charge in [0.15, 0.2) is 0 Å². The Morgan fingerprint density at radius 1 is 1.60 bits per heavy atom. The van der Waals surface area contributed by atoms with E-state index in [2.05, 4.69) is 0 Å². The Morgan fingerprint density at radius 3 is 2.60 bits per heavy atom. The van der Waals surface area contributed by atoms with Crippen molar-refractivity contribution in [3.8, 4) is 5.75 Å². The fourth-order valence-electron chi connectivity index (χ4n) is 1.12. The van der Waals surface area contributed by atoms with Gasteiger partial charge in [-0.2, -0.15) is 0 Å². The zero-order valence-electron chi connectivity index (χ0n) is 7.98. The van der Waals surface area contributed by atoms with Crippen molar-refractivity contribution in [2.45, 2.75) is 0 Å². The summed E-state index contributed by atoms with van der Waals surface area (Å²) in [5, 5.41) is 17.8. The van der Waals surface area contributed by atoms with E-state index in [1.807, 2.05) is 0 Å². The Hall–Kier alpha value is -2.31. The van der Waals surface area contributed by atoms with Crippen LogP contribution in [0.5, 0.6) is 5.75 Å². The number of ether oxygens (including phenoxy) is 1. The standard InChI is InChI=1S/C8H10N4O3/c1-15-7-3-5(9)6(12(13)14)2-4(7)8(10)11/h2-3H,9H2,1H3,(H3,10,11). The van der Waals surface area contributed by atoms with Crippen molar-refractivity contribution in [2.75, 3.05) is 12.8 Å². The number of hydrogen-bond donors (Lipinski definition) is 3. The monoisotopic (exact) mass is 210 g/mol. The van der Waals surface area contributed by atoms with Crippen molar-refractivity contribution in [3.05, 3.63) is 27.8 Å². The highest BCUT2D eigenvalue weighted by molar-refractivity contribution is 5.99. The second kappa shape index (κ2) is 3.82. The number of benzene rings is 1. The summed E-state index contributed by atoms with van der Waals surface area (Å²) in [5.74, 6) is -0.0689. The number of nitro benzene ring substituents is 1. The molecule has 0 aliphatic heterocycles. The molecule has 1 rings (SSSR count). The van der Waals surface area contributed by atoms with Gasteiger partial charge < -0.3 is 16.2 Å². The number of hydrogen-bond acceptors (Lipinski definition) is 5. The zero-order chi connectivity index (χ0) is 11.6. The molecule has 0 saturated heterocycles. The lowest BCUT2D eigenvalue weighted by atomic mass is 10.1. The third-order valence-electron chi connectivity index (χ3n) is 1.84. The number of nitrogens with zero attached hydrogens (tertiary/aromatic N) is 1. The van der Waals surface area contributed by atoms with E-state index in [9.17, 15) is 10.1 Å². The number of rotatable bonds is 3. The van der Waals surface area contributed by atoms with Crippen LogP contribution in [0.1, 0.15) is 5.56 Å². The summed E-state index contributed by atoms with van der Waals surface area (Å²) in [4.78, 5) is 9.93. The maximum Gasteiger partial charge on any atom is 0.293 e. The molecular weight excluding hydrogens is 200 g/mol. The van der Waals surface area contributed by atoms with Gasteiger partial charge in [0, 0.05) is 12.1 Å². The molecule has 7 heteroatoms. The minimum Gasteiger partial charge on any atom is -0.496 e. The second-order valence-corrected chi connectivity index (χ2v) is 2.78. The first-order valence-electron chi connectivity index (χ1n) is 3.93. The number of amidine groups is 1. The van der Waals surface area contributed by atoms with E-state index in [0.717, 1.165) is 6.07 Å². The highest BCUT2D eigenvalue weighted by Crippen LogP contribution is 2.30. The lowest BCUT2D eigenvalue weighted by Gasteiger charge is -2.07. The molecule has 0 aromatic heterocycles. The van der Waals surface area contributed by atoms with Crippen LogP contribution in [-0.4, -0.2) is 17.9 Å². The largest absolute Gasteiger partial charge is 0.496 e. The smallest absolute Gasteiger partial charge is 0.293 e. The van der Waals surface area contributed by atoms with Crippen molar-refractivity contribution in [1.82, 2.24) is 0 Å². The Bertz CT molecular complexity index is 430. The molecule has 0 spiro atoms. The van der Waals surface area contributed by atoms with Crippen LogP contribution in [0.15, 0.2) is 12.1 Å². The van der Waals surface area contributed by atoms with Gasteiger partial charge in [-0.05, 0) is 0 Å². The average molecular weight is 210 g/mol. The highest BCUT2D eigenvalue weighted by Gasteiger charge is 2.17. The van der Waals surface area contributed by atoms with Crippen LogP contribution in [0.25, 0.3) is 0 Å². The van der Waals surface area contributed by atoms with Gasteiger partial charge in [-0.15, -0.1) is 0 Å². The van der Waals surface area contributed by atoms with Crippen LogP contribution in [0.3, 0.4) is 0 Å². The molecule has 0 saturated carbocycles. The number of nitrogen functional groups attached to an aromatic ring is 2. The summed E-state index contributed by atoms with van der Waals surface area (Å²) in [6.45, 7) is 0. The molecule has 0 aliphatic carbocycles. The molecule has 0 unspecified atom stereocenters. The van der Waals surface area contributed by atoms with Gasteiger partial charge >= 0.3 is 0 Å². The number of nitrogens with two attached hydrogens (primary N) is 2. The predicted molar refractivity (Wildman–Crippen MR) is 55.1 cm³/mol. The minimum absolute atomic E-state index is 0.0261. The van der Waals surface area contributed by atoms with Crippen molar-refractivity contribution in [2.24, 2.45) is 5.73 Å². The fourth-order valence-corrected chi connectivity index (χ4v) is 1.12. The summed E-state index contributed by atoms with van der Waals surface area (Å²) >= 11 is 0. The first-order chi connectivity index (χ1) is 6.97. The van der Waals surface area contributed by atoms with Crippen molar-refractivity contribution >= 4 is 17.2 Å². The third-order valence-corrected chi connectivity index (χ3v) is 1.84. The number of nitrogens with one attached hydrogen (secondary N) is 1. The van der Waals surface area contributed by atoms with E-state index in [4.69, 9.17) is 21.6 Å². The number of anilines is 1. The first-order valence-corrected chi connectivity index (χ1v) is 3.93. The summed E-state index contributed by atoms with van der Waals surface area (Å²) < 4.78 is 4.90.